The lowest BCUT2D eigenvalue weighted by molar-refractivity contribution is 1.55. The predicted octanol–water partition coefficient (Wildman–Crippen LogP) is 3.91. The lowest BCUT2D eigenvalue weighted by Gasteiger charge is -2.07. The highest BCUT2D eigenvalue weighted by Crippen LogP contribution is 2.47. The van der Waals surface area contributed by atoms with E-state index in [4.69, 9.17) is 0 Å². The van der Waals surface area contributed by atoms with Gasteiger partial charge in [-0.05, 0) is 38.2 Å². The zero-order valence-electron chi connectivity index (χ0n) is 5.70. The van der Waals surface area contributed by atoms with Gasteiger partial charge in [0.15, 0.2) is 0 Å². The number of thiol groups is 1. The van der Waals surface area contributed by atoms with Gasteiger partial charge in [-0.25, -0.2) is 0 Å². The van der Waals surface area contributed by atoms with Crippen molar-refractivity contribution in [3.8, 4) is 0 Å². The molecule has 58 valence electrons. The summed E-state index contributed by atoms with van der Waals surface area (Å²) in [6, 6.07) is 2.19. The lowest BCUT2D eigenvalue weighted by atomic mass is 10.6. The molecule has 0 atom stereocenters. The molecule has 0 spiro atoms. The summed E-state index contributed by atoms with van der Waals surface area (Å²) in [6.45, 7) is 0. The minimum Gasteiger partial charge on any atom is -0.184 e. The van der Waals surface area contributed by atoms with E-state index in [2.05, 4.69) is 50.3 Å². The smallest absolute Gasteiger partial charge is 0.0822 e. The number of halogens is 1. The van der Waals surface area contributed by atoms with Crippen molar-refractivity contribution in [3.63, 3.8) is 0 Å². The second-order valence-corrected chi connectivity index (χ2v) is 6.30. The topological polar surface area (TPSA) is 0 Å². The van der Waals surface area contributed by atoms with Crippen LogP contribution in [0.15, 0.2) is 43.1 Å². The number of hydrogen-bond acceptors (Lipinski definition) is 1. The van der Waals surface area contributed by atoms with Crippen molar-refractivity contribution >= 4 is 38.2 Å². The minimum atomic E-state index is -0.122. The van der Waals surface area contributed by atoms with E-state index in [1.807, 2.05) is 0 Å². The van der Waals surface area contributed by atoms with E-state index in [1.165, 1.54) is 8.68 Å². The van der Waals surface area contributed by atoms with Gasteiger partial charge in [-0.1, -0.05) is 12.2 Å². The fraction of sp³-hybridized carbons (Fsp3) is 0. The maximum absolute atomic E-state index is 3.54. The van der Waals surface area contributed by atoms with E-state index in [1.54, 1.807) is 11.3 Å². The average molecular weight is 247 g/mol. The molecule has 0 saturated carbocycles. The summed E-state index contributed by atoms with van der Waals surface area (Å²) in [6.07, 6.45) is 4.24. The van der Waals surface area contributed by atoms with Crippen molar-refractivity contribution in [1.29, 1.82) is 0 Å². The minimum absolute atomic E-state index is 0.122. The van der Waals surface area contributed by atoms with Crippen molar-refractivity contribution < 1.29 is 0 Å². The van der Waals surface area contributed by atoms with Crippen LogP contribution < -0.4 is 0 Å². The Kier molecular flexibility index (Phi) is 2.20. The van der Waals surface area contributed by atoms with Crippen LogP contribution in [0.3, 0.4) is 0 Å². The molecule has 0 aromatic carbocycles. The van der Waals surface area contributed by atoms with Crippen LogP contribution in [0, 0.1) is 0 Å². The van der Waals surface area contributed by atoms with E-state index < -0.39 is 0 Å². The molecule has 2 heterocycles. The summed E-state index contributed by atoms with van der Waals surface area (Å²) in [5.41, 5.74) is 0. The normalized spacial score (nSPS) is 18.1. The number of hydrogen-bond donors (Lipinski definition) is 1. The Balaban J connectivity index is 2.36. The van der Waals surface area contributed by atoms with Crippen LogP contribution in [0.4, 0.5) is 0 Å². The highest BCUT2D eigenvalue weighted by molar-refractivity contribution is 9.11. The van der Waals surface area contributed by atoms with Crippen LogP contribution in [-0.4, -0.2) is 0 Å². The Bertz CT molecular complexity index is 300. The van der Waals surface area contributed by atoms with Crippen LogP contribution in [0.1, 0.15) is 0 Å². The second-order valence-electron chi connectivity index (χ2n) is 2.17. The number of allylic oxidation sites excluding steroid dienone is 2. The average Bonchev–Trinajstić information content (AvgIpc) is 2.55. The third kappa shape index (κ3) is 1.45. The van der Waals surface area contributed by atoms with E-state index in [9.17, 15) is 0 Å². The van der Waals surface area contributed by atoms with Gasteiger partial charge in [0.2, 0.25) is 0 Å². The Morgan fingerprint density at radius 3 is 2.55 bits per heavy atom. The predicted molar refractivity (Wildman–Crippen MR) is 57.6 cm³/mol. The molecule has 0 nitrogen and oxygen atoms in total. The van der Waals surface area contributed by atoms with E-state index in [0.717, 1.165) is 0 Å². The van der Waals surface area contributed by atoms with E-state index in [0.29, 0.717) is 0 Å². The van der Waals surface area contributed by atoms with Crippen LogP contribution in [0.2, 0.25) is 0 Å². The van der Waals surface area contributed by atoms with Gasteiger partial charge in [-0.2, -0.15) is 10.9 Å². The molecule has 1 aromatic rings. The molecule has 0 fully saturated rings. The first-order valence-corrected chi connectivity index (χ1v) is 6.39. The van der Waals surface area contributed by atoms with Crippen LogP contribution in [-0.2, 0) is 0 Å². The Hall–Kier alpha value is 0.01000. The van der Waals surface area contributed by atoms with Crippen molar-refractivity contribution in [3.05, 3.63) is 38.2 Å². The van der Waals surface area contributed by atoms with Gasteiger partial charge in [0, 0.05) is 4.90 Å². The van der Waals surface area contributed by atoms with Gasteiger partial charge in [0.25, 0.3) is 0 Å². The zero-order chi connectivity index (χ0) is 7.68. The molecule has 1 aliphatic rings. The largest absolute Gasteiger partial charge is 0.184 e. The fourth-order valence-electron chi connectivity index (χ4n) is 0.967. The maximum atomic E-state index is 3.54. The van der Waals surface area contributed by atoms with E-state index >= 15 is 0 Å². The third-order valence-electron chi connectivity index (χ3n) is 1.48. The Morgan fingerprint density at radius 2 is 2.00 bits per heavy atom. The van der Waals surface area contributed by atoms with Crippen molar-refractivity contribution in [2.24, 2.45) is 0 Å². The van der Waals surface area contributed by atoms with Gasteiger partial charge in [0.1, 0.15) is 0 Å². The highest BCUT2D eigenvalue weighted by atomic mass is 79.9. The summed E-state index contributed by atoms with van der Waals surface area (Å²) in [7, 11) is -0.122. The molecule has 0 aliphatic carbocycles. The summed E-state index contributed by atoms with van der Waals surface area (Å²) in [5.74, 6) is 0. The summed E-state index contributed by atoms with van der Waals surface area (Å²) in [4.78, 5) is 1.44. The Morgan fingerprint density at radius 1 is 1.27 bits per heavy atom. The van der Waals surface area contributed by atoms with Gasteiger partial charge in [-0.3, -0.25) is 0 Å². The second kappa shape index (κ2) is 3.17. The molecule has 1 aliphatic heterocycles. The molecular weight excluding hydrogens is 240 g/mol. The molecule has 0 bridgehead atoms. The molecular formula is C8H7BrS2. The molecule has 0 N–H and O–H groups in total. The molecule has 3 heteroatoms. The fourth-order valence-corrected chi connectivity index (χ4v) is 4.56. The molecule has 0 amide bonds. The standard InChI is InChI=1S/C8H7BrS2/c9-8-7(3-4-10-8)11-5-1-2-6-11/h1-6,11H. The summed E-state index contributed by atoms with van der Waals surface area (Å²) < 4.78 is 1.28. The molecule has 0 unspecified atom stereocenters. The Labute approximate surface area is 81.1 Å². The summed E-state index contributed by atoms with van der Waals surface area (Å²) in [5, 5.41) is 6.66. The summed E-state index contributed by atoms with van der Waals surface area (Å²) >= 11 is 5.30. The van der Waals surface area contributed by atoms with Gasteiger partial charge in [0.05, 0.1) is 3.79 Å². The van der Waals surface area contributed by atoms with Gasteiger partial charge in [-0.15, -0.1) is 11.3 Å². The van der Waals surface area contributed by atoms with E-state index in [-0.39, 0.29) is 10.9 Å². The first-order chi connectivity index (χ1) is 5.38. The first kappa shape index (κ1) is 7.65. The lowest BCUT2D eigenvalue weighted by Crippen LogP contribution is -1.67. The van der Waals surface area contributed by atoms with Crippen LogP contribution in [0.5, 0.6) is 0 Å². The van der Waals surface area contributed by atoms with Crippen molar-refractivity contribution in [1.82, 2.24) is 0 Å². The van der Waals surface area contributed by atoms with Crippen molar-refractivity contribution in [2.45, 2.75) is 4.90 Å². The monoisotopic (exact) mass is 246 g/mol. The number of rotatable bonds is 1. The van der Waals surface area contributed by atoms with Crippen LogP contribution in [0.25, 0.3) is 0 Å². The van der Waals surface area contributed by atoms with Gasteiger partial charge >= 0.3 is 0 Å². The van der Waals surface area contributed by atoms with Gasteiger partial charge < -0.3 is 0 Å². The maximum Gasteiger partial charge on any atom is 0.0822 e. The molecule has 11 heavy (non-hydrogen) atoms. The third-order valence-corrected chi connectivity index (χ3v) is 5.54. The first-order valence-electron chi connectivity index (χ1n) is 3.24. The highest BCUT2D eigenvalue weighted by Gasteiger charge is 2.07. The quantitative estimate of drug-likeness (QED) is 0.714. The zero-order valence-corrected chi connectivity index (χ0v) is 8.99. The molecule has 0 radical (unpaired) electrons. The van der Waals surface area contributed by atoms with Crippen LogP contribution >= 0.6 is 38.2 Å². The SMILES string of the molecule is Brc1sccc1[SH]1C=CC=C1. The molecule has 0 saturated heterocycles. The molecule has 1 aromatic heterocycles. The molecule has 2 rings (SSSR count). The van der Waals surface area contributed by atoms with Crippen molar-refractivity contribution in [2.75, 3.05) is 0 Å². The number of thiophene rings is 1.